The molecule has 0 saturated heterocycles. The third-order valence-electron chi connectivity index (χ3n) is 3.32. The monoisotopic (exact) mass is 352 g/mol. The molecule has 0 saturated carbocycles. The van der Waals surface area contributed by atoms with Gasteiger partial charge in [-0.2, -0.15) is 10.2 Å². The van der Waals surface area contributed by atoms with Crippen molar-refractivity contribution in [3.63, 3.8) is 0 Å². The predicted octanol–water partition coefficient (Wildman–Crippen LogP) is 4.58. The van der Waals surface area contributed by atoms with Crippen LogP contribution in [-0.2, 0) is 0 Å². The normalized spacial score (nSPS) is 11.3. The summed E-state index contributed by atoms with van der Waals surface area (Å²) in [5.74, 6) is -2.96. The van der Waals surface area contributed by atoms with Gasteiger partial charge in [0.1, 0.15) is 23.3 Å². The van der Waals surface area contributed by atoms with Gasteiger partial charge >= 0.3 is 0 Å². The highest BCUT2D eigenvalue weighted by molar-refractivity contribution is 6.38. The minimum Gasteiger partial charge on any atom is -0.367 e. The molecule has 1 N–H and O–H groups in total. The van der Waals surface area contributed by atoms with Crippen LogP contribution < -0.4 is 5.32 Å². The SMILES string of the molecule is CC(C)Nc1nc2cnncc2c(Cl)c1-c1c(F)cc(F)cc1F. The highest BCUT2D eigenvalue weighted by Crippen LogP contribution is 2.41. The van der Waals surface area contributed by atoms with Crippen LogP contribution in [0.5, 0.6) is 0 Å². The third-order valence-corrected chi connectivity index (χ3v) is 3.71. The first-order chi connectivity index (χ1) is 11.4. The van der Waals surface area contributed by atoms with E-state index >= 15 is 0 Å². The molecule has 2 aromatic heterocycles. The lowest BCUT2D eigenvalue weighted by molar-refractivity contribution is 0.548. The average Bonchev–Trinajstić information content (AvgIpc) is 2.49. The summed E-state index contributed by atoms with van der Waals surface area (Å²) in [4.78, 5) is 4.33. The second kappa shape index (κ2) is 6.24. The Labute approximate surface area is 140 Å². The first-order valence-electron chi connectivity index (χ1n) is 7.09. The first-order valence-corrected chi connectivity index (χ1v) is 7.47. The van der Waals surface area contributed by atoms with Gasteiger partial charge in [-0.05, 0) is 13.8 Å². The van der Waals surface area contributed by atoms with E-state index < -0.39 is 23.0 Å². The molecule has 3 rings (SSSR count). The molecule has 2 heterocycles. The number of hydrogen-bond donors (Lipinski definition) is 1. The Bertz CT molecular complexity index is 908. The third kappa shape index (κ3) is 2.87. The van der Waals surface area contributed by atoms with E-state index in [9.17, 15) is 13.2 Å². The molecular formula is C16H12ClF3N4. The maximum absolute atomic E-state index is 14.3. The smallest absolute Gasteiger partial charge is 0.137 e. The molecule has 8 heteroatoms. The molecule has 4 nitrogen and oxygen atoms in total. The quantitative estimate of drug-likeness (QED) is 0.749. The molecule has 1 aromatic carbocycles. The van der Waals surface area contributed by atoms with Crippen LogP contribution in [0, 0.1) is 17.5 Å². The lowest BCUT2D eigenvalue weighted by Crippen LogP contribution is -2.13. The number of fused-ring (bicyclic) bond motifs is 1. The summed E-state index contributed by atoms with van der Waals surface area (Å²) in [5.41, 5.74) is -0.0125. The molecule has 0 bridgehead atoms. The lowest BCUT2D eigenvalue weighted by atomic mass is 10.0. The zero-order valence-corrected chi connectivity index (χ0v) is 13.5. The molecule has 3 aromatic rings. The Morgan fingerprint density at radius 2 is 1.62 bits per heavy atom. The van der Waals surface area contributed by atoms with Crippen LogP contribution in [0.2, 0.25) is 5.02 Å². The van der Waals surface area contributed by atoms with Crippen molar-refractivity contribution in [1.82, 2.24) is 15.2 Å². The molecule has 0 atom stereocenters. The number of rotatable bonds is 3. The van der Waals surface area contributed by atoms with E-state index in [4.69, 9.17) is 11.6 Å². The highest BCUT2D eigenvalue weighted by atomic mass is 35.5. The Morgan fingerprint density at radius 1 is 1.00 bits per heavy atom. The van der Waals surface area contributed by atoms with Gasteiger partial charge < -0.3 is 5.32 Å². The van der Waals surface area contributed by atoms with Crippen molar-refractivity contribution in [2.24, 2.45) is 0 Å². The number of pyridine rings is 1. The fraction of sp³-hybridized carbons (Fsp3) is 0.188. The average molecular weight is 353 g/mol. The fourth-order valence-electron chi connectivity index (χ4n) is 2.38. The minimum atomic E-state index is -1.07. The van der Waals surface area contributed by atoms with Crippen LogP contribution in [0.4, 0.5) is 19.0 Å². The number of anilines is 1. The van der Waals surface area contributed by atoms with Crippen molar-refractivity contribution in [1.29, 1.82) is 0 Å². The molecular weight excluding hydrogens is 341 g/mol. The van der Waals surface area contributed by atoms with Gasteiger partial charge in [0.2, 0.25) is 0 Å². The van der Waals surface area contributed by atoms with E-state index in [1.165, 1.54) is 12.4 Å². The second-order valence-electron chi connectivity index (χ2n) is 5.48. The van der Waals surface area contributed by atoms with Gasteiger partial charge in [0.25, 0.3) is 0 Å². The van der Waals surface area contributed by atoms with Gasteiger partial charge in [0.15, 0.2) is 0 Å². The van der Waals surface area contributed by atoms with E-state index in [-0.39, 0.29) is 22.4 Å². The molecule has 0 unspecified atom stereocenters. The zero-order valence-electron chi connectivity index (χ0n) is 12.7. The van der Waals surface area contributed by atoms with Crippen LogP contribution in [-0.4, -0.2) is 21.2 Å². The van der Waals surface area contributed by atoms with Gasteiger partial charge in [0.05, 0.1) is 28.5 Å². The molecule has 24 heavy (non-hydrogen) atoms. The molecule has 0 fully saturated rings. The summed E-state index contributed by atoms with van der Waals surface area (Å²) in [5, 5.41) is 10.9. The topological polar surface area (TPSA) is 50.7 Å². The number of halogens is 4. The van der Waals surface area contributed by atoms with Gasteiger partial charge in [-0.15, -0.1) is 0 Å². The zero-order chi connectivity index (χ0) is 17.4. The molecule has 0 aliphatic carbocycles. The lowest BCUT2D eigenvalue weighted by Gasteiger charge is -2.17. The van der Waals surface area contributed by atoms with Crippen molar-refractivity contribution in [3.8, 4) is 11.1 Å². The van der Waals surface area contributed by atoms with E-state index in [0.717, 1.165) is 0 Å². The summed E-state index contributed by atoms with van der Waals surface area (Å²) in [6, 6.07) is 1.12. The Balaban J connectivity index is 2.39. The maximum Gasteiger partial charge on any atom is 0.137 e. The van der Waals surface area contributed by atoms with Crippen molar-refractivity contribution >= 4 is 28.3 Å². The maximum atomic E-state index is 14.3. The van der Waals surface area contributed by atoms with Gasteiger partial charge in [0, 0.05) is 29.1 Å². The van der Waals surface area contributed by atoms with Crippen LogP contribution in [0.15, 0.2) is 24.5 Å². The summed E-state index contributed by atoms with van der Waals surface area (Å²) in [6.07, 6.45) is 2.75. The number of benzene rings is 1. The molecule has 0 aliphatic heterocycles. The van der Waals surface area contributed by atoms with E-state index in [1.54, 1.807) is 0 Å². The van der Waals surface area contributed by atoms with Crippen molar-refractivity contribution in [2.45, 2.75) is 19.9 Å². The largest absolute Gasteiger partial charge is 0.367 e. The predicted molar refractivity (Wildman–Crippen MR) is 86.4 cm³/mol. The molecule has 0 aliphatic rings. The van der Waals surface area contributed by atoms with Crippen LogP contribution >= 0.6 is 11.6 Å². The van der Waals surface area contributed by atoms with Crippen molar-refractivity contribution in [2.75, 3.05) is 5.32 Å². The van der Waals surface area contributed by atoms with E-state index in [2.05, 4.69) is 20.5 Å². The van der Waals surface area contributed by atoms with Crippen molar-refractivity contribution in [3.05, 3.63) is 47.0 Å². The van der Waals surface area contributed by atoms with E-state index in [0.29, 0.717) is 23.0 Å². The standard InChI is InChI=1S/C16H12ClF3N4/c1-7(2)23-16-14(13-10(19)3-8(18)4-11(13)20)15(17)9-5-21-22-6-12(9)24-16/h3-7H,1-2H3,(H,23,24). The molecule has 0 spiro atoms. The van der Waals surface area contributed by atoms with Crippen LogP contribution in [0.25, 0.3) is 22.0 Å². The van der Waals surface area contributed by atoms with Gasteiger partial charge in [-0.1, -0.05) is 11.6 Å². The highest BCUT2D eigenvalue weighted by Gasteiger charge is 2.23. The van der Waals surface area contributed by atoms with Gasteiger partial charge in [-0.3, -0.25) is 0 Å². The summed E-state index contributed by atoms with van der Waals surface area (Å²) >= 11 is 6.37. The second-order valence-corrected chi connectivity index (χ2v) is 5.86. The minimum absolute atomic E-state index is 0.0147. The number of nitrogens with one attached hydrogen (secondary N) is 1. The first kappa shape index (κ1) is 16.4. The van der Waals surface area contributed by atoms with Gasteiger partial charge in [-0.25, -0.2) is 18.2 Å². The summed E-state index contributed by atoms with van der Waals surface area (Å²) in [7, 11) is 0. The van der Waals surface area contributed by atoms with E-state index in [1.807, 2.05) is 13.8 Å². The van der Waals surface area contributed by atoms with Crippen LogP contribution in [0.3, 0.4) is 0 Å². The molecule has 124 valence electrons. The number of hydrogen-bond acceptors (Lipinski definition) is 4. The number of aromatic nitrogens is 3. The fourth-order valence-corrected chi connectivity index (χ4v) is 2.70. The van der Waals surface area contributed by atoms with Crippen LogP contribution in [0.1, 0.15) is 13.8 Å². The molecule has 0 amide bonds. The summed E-state index contributed by atoms with van der Waals surface area (Å²) in [6.45, 7) is 3.68. The summed E-state index contributed by atoms with van der Waals surface area (Å²) < 4.78 is 41.8. The molecule has 0 radical (unpaired) electrons. The Hall–Kier alpha value is -2.41. The van der Waals surface area contributed by atoms with Crippen molar-refractivity contribution < 1.29 is 13.2 Å². The Morgan fingerprint density at radius 3 is 2.25 bits per heavy atom. The Kier molecular flexibility index (Phi) is 4.28. The number of nitrogens with zero attached hydrogens (tertiary/aromatic N) is 3.